The summed E-state index contributed by atoms with van der Waals surface area (Å²) in [4.78, 5) is 31.6. The maximum absolute atomic E-state index is 13.1. The van der Waals surface area contributed by atoms with E-state index < -0.39 is 12.1 Å². The van der Waals surface area contributed by atoms with Gasteiger partial charge in [-0.25, -0.2) is 9.78 Å². The van der Waals surface area contributed by atoms with Crippen LogP contribution in [0.4, 0.5) is 5.13 Å². The first kappa shape index (κ1) is 18.6. The van der Waals surface area contributed by atoms with Gasteiger partial charge < -0.3 is 9.26 Å². The molecule has 1 amide bonds. The Morgan fingerprint density at radius 2 is 2.04 bits per heavy atom. The highest BCUT2D eigenvalue weighted by molar-refractivity contribution is 7.13. The molecule has 0 spiro atoms. The Kier molecular flexibility index (Phi) is 5.70. The van der Waals surface area contributed by atoms with Crippen LogP contribution in [0.5, 0.6) is 0 Å². The van der Waals surface area contributed by atoms with Crippen LogP contribution in [0.2, 0.25) is 0 Å². The van der Waals surface area contributed by atoms with Crippen molar-refractivity contribution in [1.29, 1.82) is 0 Å². The van der Waals surface area contributed by atoms with Crippen LogP contribution in [-0.2, 0) is 9.53 Å². The molecular weight excluding hydrogens is 354 g/mol. The van der Waals surface area contributed by atoms with Gasteiger partial charge in [-0.3, -0.25) is 9.69 Å². The van der Waals surface area contributed by atoms with E-state index in [2.05, 4.69) is 10.1 Å². The molecule has 0 aliphatic heterocycles. The Balaban J connectivity index is 1.76. The number of carbonyl (C=O) groups excluding carboxylic acids is 2. The molecule has 2 aromatic heterocycles. The van der Waals surface area contributed by atoms with Gasteiger partial charge in [-0.1, -0.05) is 24.4 Å². The molecule has 1 atom stereocenters. The molecule has 0 aromatic carbocycles. The van der Waals surface area contributed by atoms with Crippen LogP contribution in [0.25, 0.3) is 0 Å². The van der Waals surface area contributed by atoms with Gasteiger partial charge >= 0.3 is 5.97 Å². The maximum atomic E-state index is 13.1. The molecule has 0 unspecified atom stereocenters. The zero-order valence-corrected chi connectivity index (χ0v) is 16.0. The minimum atomic E-state index is -0.915. The predicted octanol–water partition coefficient (Wildman–Crippen LogP) is 3.66. The number of aromatic nitrogens is 2. The lowest BCUT2D eigenvalue weighted by Gasteiger charge is -2.33. The van der Waals surface area contributed by atoms with E-state index in [4.69, 9.17) is 9.26 Å². The number of anilines is 1. The molecule has 2 aromatic rings. The summed E-state index contributed by atoms with van der Waals surface area (Å²) in [5.41, 5.74) is 0.735. The summed E-state index contributed by atoms with van der Waals surface area (Å²) in [7, 11) is 0. The van der Waals surface area contributed by atoms with Gasteiger partial charge in [0.05, 0.1) is 5.69 Å². The van der Waals surface area contributed by atoms with E-state index in [-0.39, 0.29) is 17.5 Å². The zero-order valence-electron chi connectivity index (χ0n) is 15.2. The standard InChI is InChI=1S/C18H23N3O4S/c1-11-15(12(2)25-20-11)17(23)24-13(3)16(22)21(18-19-9-10-26-18)14-7-5-4-6-8-14/h9-10,13-14H,4-8H2,1-3H3/t13-/m1/s1. The van der Waals surface area contributed by atoms with Crippen molar-refractivity contribution in [2.24, 2.45) is 0 Å². The Morgan fingerprint density at radius 1 is 1.31 bits per heavy atom. The van der Waals surface area contributed by atoms with E-state index in [1.165, 1.54) is 17.8 Å². The summed E-state index contributed by atoms with van der Waals surface area (Å²) in [6.07, 6.45) is 6.02. The minimum absolute atomic E-state index is 0.0996. The Morgan fingerprint density at radius 3 is 2.62 bits per heavy atom. The molecule has 2 heterocycles. The number of ether oxygens (including phenoxy) is 1. The highest BCUT2D eigenvalue weighted by Crippen LogP contribution is 2.30. The number of esters is 1. The molecule has 8 heteroatoms. The van der Waals surface area contributed by atoms with E-state index in [0.29, 0.717) is 16.6 Å². The minimum Gasteiger partial charge on any atom is -0.449 e. The third-order valence-electron chi connectivity index (χ3n) is 4.67. The molecule has 1 aliphatic carbocycles. The van der Waals surface area contributed by atoms with Crippen LogP contribution in [-0.4, -0.2) is 34.2 Å². The lowest BCUT2D eigenvalue weighted by molar-refractivity contribution is -0.127. The lowest BCUT2D eigenvalue weighted by Crippen LogP contribution is -2.47. The lowest BCUT2D eigenvalue weighted by atomic mass is 9.94. The van der Waals surface area contributed by atoms with Crippen LogP contribution in [0.1, 0.15) is 60.8 Å². The first-order chi connectivity index (χ1) is 12.5. The van der Waals surface area contributed by atoms with Gasteiger partial charge in [-0.15, -0.1) is 11.3 Å². The second-order valence-electron chi connectivity index (χ2n) is 6.56. The fourth-order valence-electron chi connectivity index (χ4n) is 3.34. The summed E-state index contributed by atoms with van der Waals surface area (Å²) in [6, 6.07) is 0.0996. The molecule has 1 fully saturated rings. The van der Waals surface area contributed by atoms with Crippen molar-refractivity contribution in [2.45, 2.75) is 65.0 Å². The van der Waals surface area contributed by atoms with Crippen molar-refractivity contribution in [1.82, 2.24) is 10.1 Å². The van der Waals surface area contributed by atoms with Crippen molar-refractivity contribution in [2.75, 3.05) is 4.90 Å². The summed E-state index contributed by atoms with van der Waals surface area (Å²) < 4.78 is 10.4. The maximum Gasteiger partial charge on any atom is 0.344 e. The molecule has 140 valence electrons. The smallest absolute Gasteiger partial charge is 0.344 e. The van der Waals surface area contributed by atoms with E-state index >= 15 is 0 Å². The number of thiazole rings is 1. The number of hydrogen-bond donors (Lipinski definition) is 0. The molecule has 1 saturated carbocycles. The molecule has 7 nitrogen and oxygen atoms in total. The second-order valence-corrected chi connectivity index (χ2v) is 7.43. The van der Waals surface area contributed by atoms with Crippen molar-refractivity contribution in [3.05, 3.63) is 28.6 Å². The third-order valence-corrected chi connectivity index (χ3v) is 5.44. The molecule has 3 rings (SSSR count). The average molecular weight is 377 g/mol. The largest absolute Gasteiger partial charge is 0.449 e. The van der Waals surface area contributed by atoms with Gasteiger partial charge in [0.1, 0.15) is 11.3 Å². The molecular formula is C18H23N3O4S. The SMILES string of the molecule is Cc1noc(C)c1C(=O)O[C@H](C)C(=O)N(c1nccs1)C1CCCCC1. The van der Waals surface area contributed by atoms with Crippen molar-refractivity contribution in [3.63, 3.8) is 0 Å². The summed E-state index contributed by atoms with van der Waals surface area (Å²) in [5, 5.41) is 6.26. The van der Waals surface area contributed by atoms with Crippen molar-refractivity contribution >= 4 is 28.3 Å². The molecule has 26 heavy (non-hydrogen) atoms. The Hall–Kier alpha value is -2.22. The van der Waals surface area contributed by atoms with Crippen LogP contribution in [0.15, 0.2) is 16.1 Å². The first-order valence-corrected chi connectivity index (χ1v) is 9.73. The van der Waals surface area contributed by atoms with Gasteiger partial charge in [0.25, 0.3) is 5.91 Å². The summed E-state index contributed by atoms with van der Waals surface area (Å²) in [5.74, 6) is -0.451. The van der Waals surface area contributed by atoms with E-state index in [9.17, 15) is 9.59 Å². The monoisotopic (exact) mass is 377 g/mol. The van der Waals surface area contributed by atoms with Gasteiger partial charge in [0.15, 0.2) is 11.2 Å². The average Bonchev–Trinajstić information content (AvgIpc) is 3.26. The van der Waals surface area contributed by atoms with E-state index in [1.54, 1.807) is 31.9 Å². The van der Waals surface area contributed by atoms with E-state index in [1.807, 2.05) is 5.38 Å². The van der Waals surface area contributed by atoms with Gasteiger partial charge in [0.2, 0.25) is 0 Å². The highest BCUT2D eigenvalue weighted by atomic mass is 32.1. The molecule has 0 saturated heterocycles. The Bertz CT molecular complexity index is 746. The Labute approximate surface area is 156 Å². The fraction of sp³-hybridized carbons (Fsp3) is 0.556. The molecule has 1 aliphatic rings. The third kappa shape index (κ3) is 3.80. The number of amides is 1. The van der Waals surface area contributed by atoms with E-state index in [0.717, 1.165) is 25.7 Å². The van der Waals surface area contributed by atoms with Crippen molar-refractivity contribution < 1.29 is 18.8 Å². The second kappa shape index (κ2) is 7.99. The van der Waals surface area contributed by atoms with Gasteiger partial charge in [0, 0.05) is 17.6 Å². The van der Waals surface area contributed by atoms with Gasteiger partial charge in [-0.05, 0) is 33.6 Å². The number of hydrogen-bond acceptors (Lipinski definition) is 7. The van der Waals surface area contributed by atoms with Crippen LogP contribution in [0.3, 0.4) is 0 Å². The molecule has 0 radical (unpaired) electrons. The number of carbonyl (C=O) groups is 2. The predicted molar refractivity (Wildman–Crippen MR) is 97.3 cm³/mol. The van der Waals surface area contributed by atoms with Crippen LogP contribution >= 0.6 is 11.3 Å². The van der Waals surface area contributed by atoms with Crippen LogP contribution in [0, 0.1) is 13.8 Å². The first-order valence-electron chi connectivity index (χ1n) is 8.85. The number of rotatable bonds is 5. The summed E-state index contributed by atoms with van der Waals surface area (Å²) >= 11 is 1.42. The molecule has 0 bridgehead atoms. The highest BCUT2D eigenvalue weighted by Gasteiger charge is 2.34. The number of aryl methyl sites for hydroxylation is 2. The zero-order chi connectivity index (χ0) is 18.7. The van der Waals surface area contributed by atoms with Crippen molar-refractivity contribution in [3.8, 4) is 0 Å². The summed E-state index contributed by atoms with van der Waals surface area (Å²) in [6.45, 7) is 4.91. The van der Waals surface area contributed by atoms with Crippen LogP contribution < -0.4 is 4.90 Å². The fourth-order valence-corrected chi connectivity index (χ4v) is 4.06. The topological polar surface area (TPSA) is 85.5 Å². The quantitative estimate of drug-likeness (QED) is 0.739. The molecule has 0 N–H and O–H groups in total. The van der Waals surface area contributed by atoms with Gasteiger partial charge in [-0.2, -0.15) is 0 Å². The number of nitrogens with zero attached hydrogens (tertiary/aromatic N) is 3. The normalized spacial score (nSPS) is 16.3.